The van der Waals surface area contributed by atoms with Gasteiger partial charge in [-0.25, -0.2) is 0 Å². The summed E-state index contributed by atoms with van der Waals surface area (Å²) < 4.78 is 5.02. The highest BCUT2D eigenvalue weighted by atomic mass is 32.1. The predicted octanol–water partition coefficient (Wildman–Crippen LogP) is 15.6. The molecule has 0 aliphatic carbocycles. The summed E-state index contributed by atoms with van der Waals surface area (Å²) in [6.07, 6.45) is 0. The Balaban J connectivity index is 1.19. The van der Waals surface area contributed by atoms with E-state index in [4.69, 9.17) is 0 Å². The van der Waals surface area contributed by atoms with Gasteiger partial charge >= 0.3 is 0 Å². The Morgan fingerprint density at radius 2 is 0.912 bits per heavy atom. The molecule has 3 heteroatoms. The van der Waals surface area contributed by atoms with Crippen LogP contribution in [0, 0.1) is 0 Å². The lowest BCUT2D eigenvalue weighted by molar-refractivity contribution is 1.18. The van der Waals surface area contributed by atoms with Gasteiger partial charge in [0.25, 0.3) is 0 Å². The molecule has 0 bridgehead atoms. The zero-order valence-corrected chi connectivity index (χ0v) is 31.9. The molecule has 2 aromatic heterocycles. The number of hydrogen-bond acceptors (Lipinski definition) is 2. The van der Waals surface area contributed by atoms with E-state index in [0.717, 1.165) is 28.3 Å². The number of nitrogens with zero attached hydrogens (tertiary/aromatic N) is 2. The number of thiophene rings is 1. The number of anilines is 3. The molecule has 0 radical (unpaired) electrons. The number of rotatable bonds is 7. The van der Waals surface area contributed by atoms with Crippen LogP contribution in [-0.4, -0.2) is 4.57 Å². The lowest BCUT2D eigenvalue weighted by Crippen LogP contribution is -2.11. The Kier molecular flexibility index (Phi) is 8.04. The Labute approximate surface area is 335 Å². The van der Waals surface area contributed by atoms with Crippen molar-refractivity contribution in [3.05, 3.63) is 218 Å². The van der Waals surface area contributed by atoms with E-state index in [-0.39, 0.29) is 0 Å². The highest BCUT2D eigenvalue weighted by Crippen LogP contribution is 2.47. The normalized spacial score (nSPS) is 11.5. The second kappa shape index (κ2) is 13.8. The number of benzene rings is 9. The van der Waals surface area contributed by atoms with Crippen molar-refractivity contribution in [2.75, 3.05) is 4.90 Å². The van der Waals surface area contributed by atoms with Crippen molar-refractivity contribution in [2.24, 2.45) is 0 Å². The maximum Gasteiger partial charge on any atom is 0.0562 e. The van der Waals surface area contributed by atoms with Gasteiger partial charge in [-0.05, 0) is 82.4 Å². The van der Waals surface area contributed by atoms with Gasteiger partial charge in [-0.15, -0.1) is 11.3 Å². The van der Waals surface area contributed by atoms with Gasteiger partial charge in [-0.1, -0.05) is 164 Å². The lowest BCUT2D eigenvalue weighted by Gasteiger charge is -2.28. The molecular weight excluding hydrogens is 709 g/mol. The van der Waals surface area contributed by atoms with Crippen LogP contribution in [0.15, 0.2) is 218 Å². The minimum absolute atomic E-state index is 1.09. The molecule has 0 aliphatic rings. The molecule has 0 unspecified atom stereocenters. The first-order valence-corrected chi connectivity index (χ1v) is 20.3. The SMILES string of the molecule is c1ccc(-c2ccccc2-c2cccc3c2c2ccc(N(c4ccc5c(c4)sc4ccccc45)c4ccccc4-c4ccccc4)cc2n3-c2ccccc2)cc1. The van der Waals surface area contributed by atoms with Gasteiger partial charge in [-0.2, -0.15) is 0 Å². The molecule has 11 aromatic rings. The Hall–Kier alpha value is -7.20. The number of para-hydroxylation sites is 2. The van der Waals surface area contributed by atoms with Crippen LogP contribution in [0.5, 0.6) is 0 Å². The second-order valence-electron chi connectivity index (χ2n) is 14.5. The van der Waals surface area contributed by atoms with Crippen LogP contribution in [0.2, 0.25) is 0 Å². The molecule has 9 aromatic carbocycles. The third-order valence-corrected chi connectivity index (χ3v) is 12.3. The van der Waals surface area contributed by atoms with Crippen LogP contribution in [0.1, 0.15) is 0 Å². The molecule has 0 fully saturated rings. The van der Waals surface area contributed by atoms with Crippen LogP contribution in [-0.2, 0) is 0 Å². The predicted molar refractivity (Wildman–Crippen MR) is 245 cm³/mol. The Morgan fingerprint density at radius 1 is 0.351 bits per heavy atom. The molecule has 57 heavy (non-hydrogen) atoms. The summed E-state index contributed by atoms with van der Waals surface area (Å²) in [5.41, 5.74) is 14.1. The third kappa shape index (κ3) is 5.63. The van der Waals surface area contributed by atoms with Crippen molar-refractivity contribution < 1.29 is 0 Å². The average molecular weight is 745 g/mol. The fourth-order valence-corrected chi connectivity index (χ4v) is 9.81. The quantitative estimate of drug-likeness (QED) is 0.158. The number of hydrogen-bond donors (Lipinski definition) is 0. The van der Waals surface area contributed by atoms with Crippen LogP contribution in [0.3, 0.4) is 0 Å². The maximum absolute atomic E-state index is 2.45. The van der Waals surface area contributed by atoms with Crippen LogP contribution < -0.4 is 4.90 Å². The molecule has 0 saturated carbocycles. The smallest absolute Gasteiger partial charge is 0.0562 e. The molecule has 0 aliphatic heterocycles. The standard InChI is InChI=1S/C54H36N2S/c1-4-17-37(18-5-1)42-23-10-11-25-44(42)47-27-16-29-50-54(47)48-34-32-40(35-51(48)56(50)39-21-8-3-9-22-39)55(49-28-14-12-24-43(49)38-19-6-2-7-20-38)41-31-33-46-45-26-13-15-30-52(45)57-53(46)36-41/h1-36H. The van der Waals surface area contributed by atoms with E-state index in [2.05, 4.69) is 228 Å². The van der Waals surface area contributed by atoms with Gasteiger partial charge in [0, 0.05) is 53.6 Å². The van der Waals surface area contributed by atoms with Gasteiger partial charge in [0.2, 0.25) is 0 Å². The van der Waals surface area contributed by atoms with Crippen molar-refractivity contribution in [3.63, 3.8) is 0 Å². The summed E-state index contributed by atoms with van der Waals surface area (Å²) in [6, 6.07) is 79.4. The van der Waals surface area contributed by atoms with E-state index >= 15 is 0 Å². The molecule has 0 amide bonds. The molecular formula is C54H36N2S. The fraction of sp³-hybridized carbons (Fsp3) is 0. The van der Waals surface area contributed by atoms with Crippen molar-refractivity contribution in [1.29, 1.82) is 0 Å². The molecule has 2 heterocycles. The molecule has 2 nitrogen and oxygen atoms in total. The summed E-state index contributed by atoms with van der Waals surface area (Å²) in [5.74, 6) is 0. The monoisotopic (exact) mass is 744 g/mol. The van der Waals surface area contributed by atoms with Gasteiger partial charge in [0.15, 0.2) is 0 Å². The van der Waals surface area contributed by atoms with Gasteiger partial charge in [0.05, 0.1) is 16.7 Å². The fourth-order valence-electron chi connectivity index (χ4n) is 8.67. The van der Waals surface area contributed by atoms with E-state index in [1.54, 1.807) is 0 Å². The van der Waals surface area contributed by atoms with Crippen LogP contribution in [0.25, 0.3) is 81.0 Å². The summed E-state index contributed by atoms with van der Waals surface area (Å²) >= 11 is 1.86. The van der Waals surface area contributed by atoms with E-state index in [9.17, 15) is 0 Å². The largest absolute Gasteiger partial charge is 0.310 e. The van der Waals surface area contributed by atoms with Crippen molar-refractivity contribution in [1.82, 2.24) is 4.57 Å². The van der Waals surface area contributed by atoms with Crippen molar-refractivity contribution >= 4 is 70.4 Å². The summed E-state index contributed by atoms with van der Waals surface area (Å²) in [7, 11) is 0. The molecule has 268 valence electrons. The van der Waals surface area contributed by atoms with E-state index in [1.807, 2.05) is 11.3 Å². The Morgan fingerprint density at radius 3 is 1.68 bits per heavy atom. The van der Waals surface area contributed by atoms with Gasteiger partial charge in [0.1, 0.15) is 0 Å². The first-order valence-electron chi connectivity index (χ1n) is 19.4. The van der Waals surface area contributed by atoms with Crippen LogP contribution in [0.4, 0.5) is 17.1 Å². The topological polar surface area (TPSA) is 8.17 Å². The minimum Gasteiger partial charge on any atom is -0.310 e. The average Bonchev–Trinajstić information content (AvgIpc) is 3.83. The van der Waals surface area contributed by atoms with E-state index in [0.29, 0.717) is 0 Å². The highest BCUT2D eigenvalue weighted by Gasteiger charge is 2.22. The molecule has 0 atom stereocenters. The Bertz CT molecular complexity index is 3230. The van der Waals surface area contributed by atoms with Crippen molar-refractivity contribution in [3.8, 4) is 39.1 Å². The minimum atomic E-state index is 1.09. The van der Waals surface area contributed by atoms with Gasteiger partial charge < -0.3 is 9.47 Å². The highest BCUT2D eigenvalue weighted by molar-refractivity contribution is 7.25. The summed E-state index contributed by atoms with van der Waals surface area (Å²) in [4.78, 5) is 2.45. The second-order valence-corrected chi connectivity index (χ2v) is 15.6. The molecule has 0 spiro atoms. The van der Waals surface area contributed by atoms with Gasteiger partial charge in [-0.3, -0.25) is 0 Å². The first kappa shape index (κ1) is 33.2. The zero-order valence-electron chi connectivity index (χ0n) is 31.1. The molecule has 0 saturated heterocycles. The van der Waals surface area contributed by atoms with Crippen molar-refractivity contribution in [2.45, 2.75) is 0 Å². The lowest BCUT2D eigenvalue weighted by atomic mass is 9.92. The zero-order chi connectivity index (χ0) is 37.7. The molecule has 0 N–H and O–H groups in total. The van der Waals surface area contributed by atoms with E-state index < -0.39 is 0 Å². The molecule has 11 rings (SSSR count). The maximum atomic E-state index is 2.45. The number of fused-ring (bicyclic) bond motifs is 6. The first-order chi connectivity index (χ1) is 28.3. The summed E-state index contributed by atoms with van der Waals surface area (Å²) in [6.45, 7) is 0. The number of aromatic nitrogens is 1. The van der Waals surface area contributed by atoms with E-state index in [1.165, 1.54) is 69.8 Å². The summed E-state index contributed by atoms with van der Waals surface area (Å²) in [5, 5.41) is 5.05. The van der Waals surface area contributed by atoms with Crippen LogP contribution >= 0.6 is 11.3 Å². The third-order valence-electron chi connectivity index (χ3n) is 11.2.